The number of rotatable bonds is 3. The number of nitrogens with zero attached hydrogens (tertiary/aromatic N) is 2. The van der Waals surface area contributed by atoms with Crippen LogP contribution in [0, 0.1) is 0 Å². The van der Waals surface area contributed by atoms with E-state index in [4.69, 9.17) is 10.5 Å². The lowest BCUT2D eigenvalue weighted by molar-refractivity contribution is -0.118. The Bertz CT molecular complexity index is 761. The lowest BCUT2D eigenvalue weighted by Crippen LogP contribution is -2.42. The Morgan fingerprint density at radius 3 is 2.82 bits per heavy atom. The van der Waals surface area contributed by atoms with Crippen molar-refractivity contribution in [1.29, 1.82) is 0 Å². The minimum Gasteiger partial charge on any atom is -0.489 e. The van der Waals surface area contributed by atoms with Crippen molar-refractivity contribution >= 4 is 27.5 Å². The van der Waals surface area contributed by atoms with Crippen LogP contribution >= 0.6 is 0 Å². The van der Waals surface area contributed by atoms with Gasteiger partial charge in [-0.15, -0.1) is 0 Å². The zero-order valence-corrected chi connectivity index (χ0v) is 12.7. The Labute approximate surface area is 127 Å². The quantitative estimate of drug-likeness (QED) is 0.811. The molecule has 118 valence electrons. The number of ether oxygens (including phenoxy) is 1. The molecule has 1 atom stereocenters. The number of hydrogen-bond donors (Lipinski definition) is 1. The number of carbonyl (C=O) groups excluding carboxylic acids is 2. The van der Waals surface area contributed by atoms with Crippen LogP contribution < -0.4 is 15.4 Å². The van der Waals surface area contributed by atoms with Gasteiger partial charge in [-0.25, -0.2) is 13.2 Å². The van der Waals surface area contributed by atoms with Crippen LogP contribution in [0.4, 0.5) is 10.5 Å². The molecule has 2 aliphatic heterocycles. The average molecular weight is 325 g/mol. The third-order valence-corrected chi connectivity index (χ3v) is 4.78. The minimum atomic E-state index is -3.40. The molecule has 0 spiro atoms. The summed E-state index contributed by atoms with van der Waals surface area (Å²) in [5.41, 5.74) is 5.54. The first-order valence-electron chi connectivity index (χ1n) is 6.60. The van der Waals surface area contributed by atoms with E-state index in [9.17, 15) is 18.0 Å². The molecule has 1 saturated heterocycles. The maximum atomic E-state index is 12.4. The van der Waals surface area contributed by atoms with Gasteiger partial charge in [0.15, 0.2) is 9.84 Å². The zero-order chi connectivity index (χ0) is 16.1. The second-order valence-corrected chi connectivity index (χ2v) is 7.38. The van der Waals surface area contributed by atoms with E-state index >= 15 is 0 Å². The highest BCUT2D eigenvalue weighted by Crippen LogP contribution is 2.38. The van der Waals surface area contributed by atoms with Crippen molar-refractivity contribution in [1.82, 2.24) is 4.90 Å². The van der Waals surface area contributed by atoms with Crippen molar-refractivity contribution in [2.24, 2.45) is 5.73 Å². The van der Waals surface area contributed by atoms with E-state index in [0.717, 1.165) is 6.26 Å². The molecule has 2 N–H and O–H groups in total. The molecule has 2 aliphatic rings. The summed E-state index contributed by atoms with van der Waals surface area (Å²) < 4.78 is 28.9. The molecule has 0 saturated carbocycles. The molecule has 1 fully saturated rings. The molecule has 22 heavy (non-hydrogen) atoms. The van der Waals surface area contributed by atoms with Gasteiger partial charge in [0.25, 0.3) is 0 Å². The molecule has 0 aliphatic carbocycles. The predicted octanol–water partition coefficient (Wildman–Crippen LogP) is -0.422. The number of anilines is 1. The Kier molecular flexibility index (Phi) is 3.24. The third-order valence-electron chi connectivity index (χ3n) is 3.67. The largest absolute Gasteiger partial charge is 0.489 e. The van der Waals surface area contributed by atoms with Crippen LogP contribution in [0.5, 0.6) is 5.75 Å². The van der Waals surface area contributed by atoms with Gasteiger partial charge in [-0.05, 0) is 18.2 Å². The van der Waals surface area contributed by atoms with E-state index in [1.165, 1.54) is 28.0 Å². The van der Waals surface area contributed by atoms with Crippen LogP contribution in [0.1, 0.15) is 0 Å². The number of nitrogens with two attached hydrogens (primary N) is 1. The average Bonchev–Trinajstić information content (AvgIpc) is 2.73. The standard InChI is InChI=1S/C13H15N3O5S/c1-22(19,20)9-2-3-11-10(4-9)16-8(7-21-11)5-15(13(16)18)6-12(14)17/h2-4,8H,5-7H2,1H3,(H2,14,17). The summed E-state index contributed by atoms with van der Waals surface area (Å²) in [5, 5.41) is 0. The first-order chi connectivity index (χ1) is 10.3. The first kappa shape index (κ1) is 14.6. The minimum absolute atomic E-state index is 0.108. The van der Waals surface area contributed by atoms with Gasteiger partial charge >= 0.3 is 6.03 Å². The number of primary amides is 1. The van der Waals surface area contributed by atoms with Crippen molar-refractivity contribution in [2.45, 2.75) is 10.9 Å². The fourth-order valence-corrected chi connectivity index (χ4v) is 3.34. The van der Waals surface area contributed by atoms with Crippen LogP contribution in [0.2, 0.25) is 0 Å². The normalized spacial score (nSPS) is 20.4. The van der Waals surface area contributed by atoms with Crippen molar-refractivity contribution in [3.05, 3.63) is 18.2 Å². The highest BCUT2D eigenvalue weighted by molar-refractivity contribution is 7.90. The van der Waals surface area contributed by atoms with Crippen LogP contribution in [-0.2, 0) is 14.6 Å². The summed E-state index contributed by atoms with van der Waals surface area (Å²) in [6.07, 6.45) is 1.10. The van der Waals surface area contributed by atoms with Crippen LogP contribution in [0.3, 0.4) is 0 Å². The molecule has 0 aromatic heterocycles. The van der Waals surface area contributed by atoms with Crippen LogP contribution in [0.25, 0.3) is 0 Å². The SMILES string of the molecule is CS(=O)(=O)c1ccc2c(c1)N1C(=O)N(CC(N)=O)CC1CO2. The fraction of sp³-hybridized carbons (Fsp3) is 0.385. The van der Waals surface area contributed by atoms with Gasteiger partial charge in [0.05, 0.1) is 16.6 Å². The summed E-state index contributed by atoms with van der Waals surface area (Å²) in [4.78, 5) is 26.4. The molecule has 1 unspecified atom stereocenters. The van der Waals surface area contributed by atoms with Crippen LogP contribution in [0.15, 0.2) is 23.1 Å². The van der Waals surface area contributed by atoms with Crippen molar-refractivity contribution in [2.75, 3.05) is 30.9 Å². The second kappa shape index (κ2) is 4.87. The summed E-state index contributed by atoms with van der Waals surface area (Å²) in [6, 6.07) is 3.75. The molecular weight excluding hydrogens is 310 g/mol. The molecule has 8 nitrogen and oxygen atoms in total. The molecule has 0 bridgehead atoms. The molecule has 2 heterocycles. The maximum absolute atomic E-state index is 12.4. The Balaban J connectivity index is 2.01. The van der Waals surface area contributed by atoms with Crippen molar-refractivity contribution < 1.29 is 22.7 Å². The predicted molar refractivity (Wildman–Crippen MR) is 77.5 cm³/mol. The van der Waals surface area contributed by atoms with E-state index in [1.54, 1.807) is 0 Å². The summed E-state index contributed by atoms with van der Waals surface area (Å²) in [7, 11) is -3.40. The molecule has 3 amide bonds. The third kappa shape index (κ3) is 2.37. The summed E-state index contributed by atoms with van der Waals surface area (Å²) in [6.45, 7) is 0.420. The molecule has 3 rings (SSSR count). The van der Waals surface area contributed by atoms with Gasteiger partial charge in [-0.1, -0.05) is 0 Å². The Morgan fingerprint density at radius 1 is 1.45 bits per heavy atom. The first-order valence-corrected chi connectivity index (χ1v) is 8.50. The smallest absolute Gasteiger partial charge is 0.325 e. The van der Waals surface area contributed by atoms with E-state index in [-0.39, 0.29) is 30.1 Å². The van der Waals surface area contributed by atoms with Crippen molar-refractivity contribution in [3.63, 3.8) is 0 Å². The number of hydrogen-bond acceptors (Lipinski definition) is 5. The number of benzene rings is 1. The monoisotopic (exact) mass is 325 g/mol. The van der Waals surface area contributed by atoms with Gasteiger partial charge < -0.3 is 15.4 Å². The number of fused-ring (bicyclic) bond motifs is 3. The van der Waals surface area contributed by atoms with Gasteiger partial charge in [0.1, 0.15) is 18.9 Å². The zero-order valence-electron chi connectivity index (χ0n) is 11.9. The maximum Gasteiger partial charge on any atom is 0.325 e. The fourth-order valence-electron chi connectivity index (χ4n) is 2.69. The summed E-state index contributed by atoms with van der Waals surface area (Å²) >= 11 is 0. The number of amides is 3. The number of carbonyl (C=O) groups is 2. The second-order valence-electron chi connectivity index (χ2n) is 5.37. The van der Waals surface area contributed by atoms with Crippen molar-refractivity contribution in [3.8, 4) is 5.75 Å². The number of sulfone groups is 1. The lowest BCUT2D eigenvalue weighted by Gasteiger charge is -2.30. The summed E-state index contributed by atoms with van der Waals surface area (Å²) in [5.74, 6) is -0.155. The van der Waals surface area contributed by atoms with Gasteiger partial charge in [0.2, 0.25) is 5.91 Å². The highest BCUT2D eigenvalue weighted by Gasteiger charge is 2.43. The molecule has 1 aromatic carbocycles. The van der Waals surface area contributed by atoms with E-state index < -0.39 is 15.7 Å². The molecule has 0 radical (unpaired) electrons. The Morgan fingerprint density at radius 2 is 2.18 bits per heavy atom. The molecular formula is C13H15N3O5S. The lowest BCUT2D eigenvalue weighted by atomic mass is 10.2. The molecule has 9 heteroatoms. The highest BCUT2D eigenvalue weighted by atomic mass is 32.2. The Hall–Kier alpha value is -2.29. The van der Waals surface area contributed by atoms with E-state index in [1.807, 2.05) is 0 Å². The van der Waals surface area contributed by atoms with E-state index in [0.29, 0.717) is 18.0 Å². The van der Waals surface area contributed by atoms with Crippen LogP contribution in [-0.4, -0.2) is 57.3 Å². The topological polar surface area (TPSA) is 110 Å². The van der Waals surface area contributed by atoms with Gasteiger partial charge in [-0.3, -0.25) is 9.69 Å². The molecule has 1 aromatic rings. The van der Waals surface area contributed by atoms with E-state index in [2.05, 4.69) is 0 Å². The number of urea groups is 1. The van der Waals surface area contributed by atoms with Gasteiger partial charge in [-0.2, -0.15) is 0 Å². The van der Waals surface area contributed by atoms with Gasteiger partial charge in [0, 0.05) is 12.8 Å².